The summed E-state index contributed by atoms with van der Waals surface area (Å²) in [5.74, 6) is 0.565. The van der Waals surface area contributed by atoms with Crippen molar-refractivity contribution < 1.29 is 8.42 Å². The molecule has 0 aromatic heterocycles. The van der Waals surface area contributed by atoms with Crippen molar-refractivity contribution in [2.75, 3.05) is 5.75 Å². The molecule has 0 aliphatic carbocycles. The Morgan fingerprint density at radius 1 is 0.857 bits per heavy atom. The maximum Gasteiger partial charge on any atom is 0.241 e. The number of thioether (sulfide) groups is 1. The fraction of sp³-hybridized carbons (Fsp3) is 0.182. The molecule has 0 aliphatic heterocycles. The Kier molecular flexibility index (Phi) is 6.83. The molecule has 0 spiro atoms. The van der Waals surface area contributed by atoms with Crippen LogP contribution in [0.25, 0.3) is 0 Å². The van der Waals surface area contributed by atoms with Crippen molar-refractivity contribution in [3.05, 3.63) is 94.5 Å². The minimum absolute atomic E-state index is 0.261. The van der Waals surface area contributed by atoms with Crippen LogP contribution in [0.5, 0.6) is 0 Å². The molecule has 0 bridgehead atoms. The monoisotopic (exact) mass is 431 g/mol. The summed E-state index contributed by atoms with van der Waals surface area (Å²) in [5.41, 5.74) is 3.08. The number of halogens is 1. The summed E-state index contributed by atoms with van der Waals surface area (Å²) in [4.78, 5) is 1.36. The smallest absolute Gasteiger partial charge is 0.207 e. The first kappa shape index (κ1) is 20.9. The first-order valence-corrected chi connectivity index (χ1v) is 11.7. The maximum atomic E-state index is 12.9. The predicted octanol–water partition coefficient (Wildman–Crippen LogP) is 5.77. The Labute approximate surface area is 176 Å². The van der Waals surface area contributed by atoms with Crippen molar-refractivity contribution >= 4 is 33.4 Å². The van der Waals surface area contributed by atoms with Crippen LogP contribution in [-0.4, -0.2) is 14.2 Å². The van der Waals surface area contributed by atoms with E-state index in [0.29, 0.717) is 10.8 Å². The van der Waals surface area contributed by atoms with Gasteiger partial charge in [-0.1, -0.05) is 59.1 Å². The minimum atomic E-state index is -3.64. The summed E-state index contributed by atoms with van der Waals surface area (Å²) < 4.78 is 28.7. The van der Waals surface area contributed by atoms with E-state index in [1.165, 1.54) is 5.56 Å². The van der Waals surface area contributed by atoms with Gasteiger partial charge in [-0.3, -0.25) is 0 Å². The highest BCUT2D eigenvalue weighted by atomic mass is 35.5. The quantitative estimate of drug-likeness (QED) is 0.483. The number of hydrogen-bond acceptors (Lipinski definition) is 3. The van der Waals surface area contributed by atoms with Gasteiger partial charge in [0.2, 0.25) is 10.0 Å². The zero-order chi connectivity index (χ0) is 20.1. The molecule has 1 N–H and O–H groups in total. The van der Waals surface area contributed by atoms with Gasteiger partial charge in [0.1, 0.15) is 0 Å². The summed E-state index contributed by atoms with van der Waals surface area (Å²) in [6, 6.07) is 22.0. The number of sulfonamides is 1. The third-order valence-electron chi connectivity index (χ3n) is 4.34. The molecule has 0 radical (unpaired) electrons. The second kappa shape index (κ2) is 9.14. The lowest BCUT2D eigenvalue weighted by atomic mass is 10.1. The molecular weight excluding hydrogens is 410 g/mol. The van der Waals surface area contributed by atoms with Crippen molar-refractivity contribution in [3.63, 3.8) is 0 Å². The lowest BCUT2D eigenvalue weighted by Gasteiger charge is -2.19. The highest BCUT2D eigenvalue weighted by molar-refractivity contribution is 7.99. The zero-order valence-corrected chi connectivity index (χ0v) is 18.1. The summed E-state index contributed by atoms with van der Waals surface area (Å²) in [7, 11) is -3.64. The van der Waals surface area contributed by atoms with Crippen molar-refractivity contribution in [2.24, 2.45) is 0 Å². The molecule has 28 heavy (non-hydrogen) atoms. The van der Waals surface area contributed by atoms with Crippen LogP contribution in [0.4, 0.5) is 0 Å². The van der Waals surface area contributed by atoms with Gasteiger partial charge in [0.15, 0.2) is 0 Å². The molecule has 146 valence electrons. The van der Waals surface area contributed by atoms with E-state index in [1.807, 2.05) is 38.1 Å². The largest absolute Gasteiger partial charge is 0.241 e. The second-order valence-electron chi connectivity index (χ2n) is 6.66. The third kappa shape index (κ3) is 5.61. The lowest BCUT2D eigenvalue weighted by molar-refractivity contribution is 0.568. The van der Waals surface area contributed by atoms with Crippen LogP contribution in [0.15, 0.2) is 82.6 Å². The van der Waals surface area contributed by atoms with Crippen LogP contribution in [0.1, 0.15) is 22.7 Å². The number of aryl methyl sites for hydroxylation is 2. The number of rotatable bonds is 7. The fourth-order valence-electron chi connectivity index (χ4n) is 2.68. The first-order chi connectivity index (χ1) is 13.3. The molecule has 0 saturated heterocycles. The molecule has 6 heteroatoms. The molecule has 3 aromatic rings. The standard InChI is InChI=1S/C22H22ClNO2S2/c1-16-3-11-20(12-4-16)27-15-22(18-7-9-19(23)10-8-18)24-28(25,26)21-13-5-17(2)6-14-21/h3-14,22,24H,15H2,1-2H3. The van der Waals surface area contributed by atoms with Crippen LogP contribution in [0, 0.1) is 13.8 Å². The zero-order valence-electron chi connectivity index (χ0n) is 15.7. The van der Waals surface area contributed by atoms with Gasteiger partial charge in [-0.15, -0.1) is 11.8 Å². The van der Waals surface area contributed by atoms with Gasteiger partial charge in [-0.05, 0) is 55.8 Å². The number of benzene rings is 3. The van der Waals surface area contributed by atoms with Crippen molar-refractivity contribution in [1.29, 1.82) is 0 Å². The molecule has 0 heterocycles. The minimum Gasteiger partial charge on any atom is -0.207 e. The summed E-state index contributed by atoms with van der Waals surface area (Å²) in [5, 5.41) is 0.620. The van der Waals surface area contributed by atoms with Gasteiger partial charge in [0.25, 0.3) is 0 Å². The van der Waals surface area contributed by atoms with Crippen LogP contribution < -0.4 is 4.72 Å². The Bertz CT molecular complexity index is 1020. The predicted molar refractivity (Wildman–Crippen MR) is 118 cm³/mol. The van der Waals surface area contributed by atoms with E-state index in [1.54, 1.807) is 48.2 Å². The SMILES string of the molecule is Cc1ccc(SCC(NS(=O)(=O)c2ccc(C)cc2)c2ccc(Cl)cc2)cc1. The Morgan fingerprint density at radius 3 is 1.96 bits per heavy atom. The molecule has 0 amide bonds. The molecule has 3 rings (SSSR count). The average Bonchev–Trinajstić information content (AvgIpc) is 2.67. The van der Waals surface area contributed by atoms with Gasteiger partial charge < -0.3 is 0 Å². The topological polar surface area (TPSA) is 46.2 Å². The first-order valence-electron chi connectivity index (χ1n) is 8.87. The molecular formula is C22H22ClNO2S2. The van der Waals surface area contributed by atoms with E-state index in [2.05, 4.69) is 16.9 Å². The van der Waals surface area contributed by atoms with Crippen molar-refractivity contribution in [1.82, 2.24) is 4.72 Å². The van der Waals surface area contributed by atoms with E-state index < -0.39 is 10.0 Å². The molecule has 0 fully saturated rings. The number of hydrogen-bond donors (Lipinski definition) is 1. The van der Waals surface area contributed by atoms with Crippen molar-refractivity contribution in [3.8, 4) is 0 Å². The molecule has 1 unspecified atom stereocenters. The second-order valence-corrected chi connectivity index (χ2v) is 9.91. The van der Waals surface area contributed by atoms with Gasteiger partial charge in [0.05, 0.1) is 10.9 Å². The summed E-state index contributed by atoms with van der Waals surface area (Å²) >= 11 is 7.62. The molecule has 1 atom stereocenters. The van der Waals surface area contributed by atoms with Crippen LogP contribution >= 0.6 is 23.4 Å². The molecule has 0 saturated carbocycles. The van der Waals surface area contributed by atoms with Gasteiger partial charge in [-0.25, -0.2) is 13.1 Å². The van der Waals surface area contributed by atoms with Gasteiger partial charge in [-0.2, -0.15) is 0 Å². The van der Waals surface area contributed by atoms with E-state index in [0.717, 1.165) is 16.0 Å². The van der Waals surface area contributed by atoms with E-state index >= 15 is 0 Å². The highest BCUT2D eigenvalue weighted by Crippen LogP contribution is 2.27. The molecule has 3 aromatic carbocycles. The fourth-order valence-corrected chi connectivity index (χ4v) is 5.10. The Balaban J connectivity index is 1.83. The summed E-state index contributed by atoms with van der Waals surface area (Å²) in [6.45, 7) is 3.97. The molecule has 3 nitrogen and oxygen atoms in total. The Hall–Kier alpha value is -1.79. The van der Waals surface area contributed by atoms with Gasteiger partial charge in [0, 0.05) is 15.7 Å². The normalized spacial score (nSPS) is 12.7. The van der Waals surface area contributed by atoms with E-state index in [9.17, 15) is 8.42 Å². The van der Waals surface area contributed by atoms with Crippen LogP contribution in [0.2, 0.25) is 5.02 Å². The highest BCUT2D eigenvalue weighted by Gasteiger charge is 2.21. The van der Waals surface area contributed by atoms with Crippen LogP contribution in [0.3, 0.4) is 0 Å². The Morgan fingerprint density at radius 2 is 1.39 bits per heavy atom. The lowest BCUT2D eigenvalue weighted by Crippen LogP contribution is -2.30. The summed E-state index contributed by atoms with van der Waals surface area (Å²) in [6.07, 6.45) is 0. The van der Waals surface area contributed by atoms with Crippen molar-refractivity contribution in [2.45, 2.75) is 29.7 Å². The maximum absolute atomic E-state index is 12.9. The average molecular weight is 432 g/mol. The number of nitrogens with one attached hydrogen (secondary N) is 1. The van der Waals surface area contributed by atoms with Gasteiger partial charge >= 0.3 is 0 Å². The van der Waals surface area contributed by atoms with Crippen LogP contribution in [-0.2, 0) is 10.0 Å². The molecule has 0 aliphatic rings. The van der Waals surface area contributed by atoms with E-state index in [4.69, 9.17) is 11.6 Å². The van der Waals surface area contributed by atoms with E-state index in [-0.39, 0.29) is 10.9 Å². The third-order valence-corrected chi connectivity index (χ3v) is 7.18.